The number of pyridine rings is 2. The second-order valence-corrected chi connectivity index (χ2v) is 7.91. The van der Waals surface area contributed by atoms with Gasteiger partial charge in [0.05, 0.1) is 18.0 Å². The summed E-state index contributed by atoms with van der Waals surface area (Å²) in [7, 11) is 0. The van der Waals surface area contributed by atoms with E-state index in [9.17, 15) is 0 Å². The molecule has 1 saturated carbocycles. The van der Waals surface area contributed by atoms with Crippen molar-refractivity contribution in [2.24, 2.45) is 5.73 Å². The maximum Gasteiger partial charge on any atom is 0.160 e. The van der Waals surface area contributed by atoms with Gasteiger partial charge >= 0.3 is 0 Å². The Labute approximate surface area is 190 Å². The fraction of sp³-hybridized carbons (Fsp3) is 0.500. The first kappa shape index (κ1) is 24.0. The predicted octanol–water partition coefficient (Wildman–Crippen LogP) is 2.47. The zero-order valence-electron chi connectivity index (χ0n) is 19.3. The third-order valence-electron chi connectivity index (χ3n) is 5.68. The van der Waals surface area contributed by atoms with Crippen molar-refractivity contribution in [2.75, 3.05) is 50.0 Å². The molecule has 8 heteroatoms. The van der Waals surface area contributed by atoms with Gasteiger partial charge in [-0.2, -0.15) is 0 Å². The molecule has 3 aromatic heterocycles. The number of piperazine rings is 1. The smallest absolute Gasteiger partial charge is 0.160 e. The average Bonchev–Trinajstić information content (AvgIpc) is 3.60. The van der Waals surface area contributed by atoms with Crippen LogP contribution in [-0.2, 0) is 6.54 Å². The van der Waals surface area contributed by atoms with Crippen LogP contribution in [0.25, 0.3) is 5.65 Å². The summed E-state index contributed by atoms with van der Waals surface area (Å²) < 4.78 is 2.16. The number of aliphatic hydroxyl groups is 1. The zero-order chi connectivity index (χ0) is 22.9. The Balaban J connectivity index is 0.000000272. The fourth-order valence-corrected chi connectivity index (χ4v) is 3.85. The number of rotatable bonds is 5. The van der Waals surface area contributed by atoms with Gasteiger partial charge in [-0.1, -0.05) is 19.9 Å². The second kappa shape index (κ2) is 11.8. The van der Waals surface area contributed by atoms with Crippen LogP contribution in [0.3, 0.4) is 0 Å². The molecule has 0 amide bonds. The van der Waals surface area contributed by atoms with Gasteiger partial charge in [0, 0.05) is 57.9 Å². The third kappa shape index (κ3) is 6.18. The summed E-state index contributed by atoms with van der Waals surface area (Å²) in [6.45, 7) is 9.43. The van der Waals surface area contributed by atoms with Crippen LogP contribution in [-0.4, -0.2) is 63.7 Å². The van der Waals surface area contributed by atoms with Gasteiger partial charge in [-0.3, -0.25) is 4.90 Å². The number of aromatic nitrogens is 3. The molecule has 0 spiro atoms. The Bertz CT molecular complexity index is 948. The number of nitrogens with zero attached hydrogens (tertiary/aromatic N) is 5. The van der Waals surface area contributed by atoms with Crippen molar-refractivity contribution in [1.29, 1.82) is 0 Å². The summed E-state index contributed by atoms with van der Waals surface area (Å²) >= 11 is 0. The van der Waals surface area contributed by atoms with Gasteiger partial charge in [0.1, 0.15) is 5.82 Å². The van der Waals surface area contributed by atoms with E-state index in [-0.39, 0.29) is 6.61 Å². The van der Waals surface area contributed by atoms with Crippen LogP contribution < -0.4 is 16.4 Å². The van der Waals surface area contributed by atoms with Gasteiger partial charge in [0.25, 0.3) is 0 Å². The minimum Gasteiger partial charge on any atom is -0.395 e. The monoisotopic (exact) mass is 439 g/mol. The molecule has 8 nitrogen and oxygen atoms in total. The van der Waals surface area contributed by atoms with Gasteiger partial charge < -0.3 is 25.9 Å². The number of imidazole rings is 1. The fourth-order valence-electron chi connectivity index (χ4n) is 3.85. The van der Waals surface area contributed by atoms with Gasteiger partial charge in [-0.15, -0.1) is 0 Å². The Morgan fingerprint density at radius 1 is 1.09 bits per heavy atom. The van der Waals surface area contributed by atoms with Crippen molar-refractivity contribution in [3.63, 3.8) is 0 Å². The summed E-state index contributed by atoms with van der Waals surface area (Å²) in [6, 6.07) is 7.76. The van der Waals surface area contributed by atoms with Crippen LogP contribution in [0.15, 0.2) is 42.9 Å². The minimum absolute atomic E-state index is 0.238. The molecule has 174 valence electrons. The molecule has 0 atom stereocenters. The van der Waals surface area contributed by atoms with E-state index >= 15 is 0 Å². The van der Waals surface area contributed by atoms with Crippen LogP contribution >= 0.6 is 0 Å². The van der Waals surface area contributed by atoms with Crippen molar-refractivity contribution in [3.8, 4) is 0 Å². The van der Waals surface area contributed by atoms with Crippen LogP contribution in [0, 0.1) is 0 Å². The summed E-state index contributed by atoms with van der Waals surface area (Å²) in [5.41, 5.74) is 15.6. The van der Waals surface area contributed by atoms with E-state index in [1.165, 1.54) is 24.1 Å². The van der Waals surface area contributed by atoms with Crippen LogP contribution in [0.5, 0.6) is 0 Å². The molecule has 2 aliphatic rings. The van der Waals surface area contributed by atoms with E-state index < -0.39 is 0 Å². The van der Waals surface area contributed by atoms with Crippen molar-refractivity contribution in [2.45, 2.75) is 39.2 Å². The lowest BCUT2D eigenvalue weighted by molar-refractivity contribution is 0.189. The van der Waals surface area contributed by atoms with E-state index in [0.29, 0.717) is 12.4 Å². The molecule has 1 saturated heterocycles. The number of nitrogens with two attached hydrogens (primary N) is 2. The maximum absolute atomic E-state index is 9.10. The number of fused-ring (bicyclic) bond motifs is 1. The minimum atomic E-state index is 0.238. The van der Waals surface area contributed by atoms with Gasteiger partial charge in [0.2, 0.25) is 0 Å². The first-order chi connectivity index (χ1) is 15.7. The highest BCUT2D eigenvalue weighted by Gasteiger charge is 2.27. The first-order valence-electron chi connectivity index (χ1n) is 11.6. The lowest BCUT2D eigenvalue weighted by Gasteiger charge is -2.36. The third-order valence-corrected chi connectivity index (χ3v) is 5.68. The molecule has 1 aliphatic carbocycles. The highest BCUT2D eigenvalue weighted by molar-refractivity contribution is 5.71. The number of hydrogen-bond donors (Lipinski definition) is 3. The summed E-state index contributed by atoms with van der Waals surface area (Å²) in [5, 5.41) is 9.10. The largest absolute Gasteiger partial charge is 0.395 e. The number of anilines is 2. The van der Waals surface area contributed by atoms with Crippen molar-refractivity contribution >= 4 is 17.2 Å². The van der Waals surface area contributed by atoms with Crippen LogP contribution in [0.1, 0.15) is 43.9 Å². The van der Waals surface area contributed by atoms with Crippen molar-refractivity contribution in [3.05, 3.63) is 54.1 Å². The van der Waals surface area contributed by atoms with Gasteiger partial charge in [0.15, 0.2) is 5.65 Å². The predicted molar refractivity (Wildman–Crippen MR) is 131 cm³/mol. The topological polar surface area (TPSA) is 109 Å². The molecule has 0 unspecified atom stereocenters. The molecule has 0 radical (unpaired) electrons. The molecule has 0 aromatic carbocycles. The van der Waals surface area contributed by atoms with Gasteiger partial charge in [-0.05, 0) is 42.5 Å². The number of aliphatic hydroxyl groups excluding tert-OH is 1. The molecular formula is C24H37N7O. The second-order valence-electron chi connectivity index (χ2n) is 7.91. The van der Waals surface area contributed by atoms with E-state index in [4.69, 9.17) is 21.6 Å². The van der Waals surface area contributed by atoms with Crippen molar-refractivity contribution < 1.29 is 5.11 Å². The normalized spacial score (nSPS) is 16.2. The molecule has 0 bridgehead atoms. The first-order valence-corrected chi connectivity index (χ1v) is 11.6. The quantitative estimate of drug-likeness (QED) is 0.560. The standard InChI is InChI=1S/C17H25N5O.C5H6N2.C2H6/c18-10-15-12-22-11-14(13-1-2-13)9-16(17(22)19-15)21-5-3-20(4-6-21)7-8-23;6-5-3-1-2-4-7-5;1-2/h9,11-13,23H,1-8,10,18H2;1-4H,(H2,6,7);1-2H3. The Morgan fingerprint density at radius 3 is 2.38 bits per heavy atom. The average molecular weight is 440 g/mol. The lowest BCUT2D eigenvalue weighted by atomic mass is 10.1. The SMILES string of the molecule is CC.NCc1cn2cc(C3CC3)cc(N3CCN(CCO)CC3)c2n1.Nc1ccccn1. The molecule has 5 rings (SSSR count). The maximum atomic E-state index is 9.10. The Morgan fingerprint density at radius 2 is 1.84 bits per heavy atom. The van der Waals surface area contributed by atoms with E-state index in [0.717, 1.165) is 50.0 Å². The molecule has 4 heterocycles. The van der Waals surface area contributed by atoms with Crippen LogP contribution in [0.4, 0.5) is 11.5 Å². The number of hydrogen-bond acceptors (Lipinski definition) is 7. The van der Waals surface area contributed by atoms with E-state index in [2.05, 4.69) is 37.6 Å². The molecule has 2 fully saturated rings. The molecule has 1 aliphatic heterocycles. The summed E-state index contributed by atoms with van der Waals surface area (Å²) in [4.78, 5) is 13.2. The highest BCUT2D eigenvalue weighted by atomic mass is 16.3. The Kier molecular flexibility index (Phi) is 8.84. The lowest BCUT2D eigenvalue weighted by Crippen LogP contribution is -2.47. The summed E-state index contributed by atoms with van der Waals surface area (Å²) in [5.74, 6) is 1.29. The molecule has 32 heavy (non-hydrogen) atoms. The van der Waals surface area contributed by atoms with Crippen molar-refractivity contribution in [1.82, 2.24) is 19.3 Å². The van der Waals surface area contributed by atoms with Crippen LogP contribution in [0.2, 0.25) is 0 Å². The summed E-state index contributed by atoms with van der Waals surface area (Å²) in [6.07, 6.45) is 8.55. The molecular weight excluding hydrogens is 402 g/mol. The zero-order valence-corrected chi connectivity index (χ0v) is 19.3. The Hall–Kier alpha value is -2.68. The molecule has 3 aromatic rings. The highest BCUT2D eigenvalue weighted by Crippen LogP contribution is 2.41. The molecule has 5 N–H and O–H groups in total. The van der Waals surface area contributed by atoms with Gasteiger partial charge in [-0.25, -0.2) is 9.97 Å². The number of nitrogen functional groups attached to an aromatic ring is 1. The van der Waals surface area contributed by atoms with E-state index in [1.54, 1.807) is 12.3 Å². The van der Waals surface area contributed by atoms with E-state index in [1.807, 2.05) is 26.0 Å². The number of β-amino-alcohol motifs (C(OH)–C–C–N with tert-alkyl or cyclic N) is 1.